The van der Waals surface area contributed by atoms with E-state index in [2.05, 4.69) is 5.32 Å². The first-order valence-electron chi connectivity index (χ1n) is 6.08. The molecule has 5 heteroatoms. The minimum atomic E-state index is -0.358. The van der Waals surface area contributed by atoms with E-state index in [1.165, 1.54) is 0 Å². The summed E-state index contributed by atoms with van der Waals surface area (Å²) in [5.74, 6) is -0.358. The summed E-state index contributed by atoms with van der Waals surface area (Å²) in [5.41, 5.74) is 0.633. The molecule has 1 heterocycles. The van der Waals surface area contributed by atoms with Gasteiger partial charge >= 0.3 is 0 Å². The van der Waals surface area contributed by atoms with Crippen LogP contribution in [0.5, 0.6) is 0 Å². The molecule has 0 bridgehead atoms. The van der Waals surface area contributed by atoms with Crippen molar-refractivity contribution in [2.45, 2.75) is 13.7 Å². The van der Waals surface area contributed by atoms with Crippen LogP contribution in [-0.4, -0.2) is 24.1 Å². The van der Waals surface area contributed by atoms with Gasteiger partial charge in [-0.1, -0.05) is 12.1 Å². The second-order valence-corrected chi connectivity index (χ2v) is 4.14. The lowest BCUT2D eigenvalue weighted by Crippen LogP contribution is -2.29. The van der Waals surface area contributed by atoms with Crippen LogP contribution < -0.4 is 10.7 Å². The zero-order valence-electron chi connectivity index (χ0n) is 11.0. The summed E-state index contributed by atoms with van der Waals surface area (Å²) in [7, 11) is 1.57. The van der Waals surface area contributed by atoms with Gasteiger partial charge in [0.05, 0.1) is 5.52 Å². The van der Waals surface area contributed by atoms with Crippen molar-refractivity contribution in [1.82, 2.24) is 9.88 Å². The van der Waals surface area contributed by atoms with Crippen molar-refractivity contribution in [3.63, 3.8) is 0 Å². The van der Waals surface area contributed by atoms with Gasteiger partial charge in [-0.25, -0.2) is 0 Å². The molecule has 0 spiro atoms. The third-order valence-electron chi connectivity index (χ3n) is 2.84. The molecule has 0 aliphatic rings. The fraction of sp³-hybridized carbons (Fsp3) is 0.286. The maximum atomic E-state index is 12.3. The van der Waals surface area contributed by atoms with E-state index in [0.29, 0.717) is 11.9 Å². The molecule has 0 aliphatic heterocycles. The van der Waals surface area contributed by atoms with Crippen molar-refractivity contribution in [2.75, 3.05) is 13.7 Å². The summed E-state index contributed by atoms with van der Waals surface area (Å²) in [6.07, 6.45) is 1.54. The van der Waals surface area contributed by atoms with Gasteiger partial charge in [-0.15, -0.1) is 0 Å². The smallest absolute Gasteiger partial charge is 0.256 e. The van der Waals surface area contributed by atoms with Crippen LogP contribution in [0.1, 0.15) is 17.3 Å². The molecule has 0 unspecified atom stereocenters. The quantitative estimate of drug-likeness (QED) is 0.902. The van der Waals surface area contributed by atoms with Crippen LogP contribution in [0.4, 0.5) is 0 Å². The van der Waals surface area contributed by atoms with Crippen LogP contribution >= 0.6 is 0 Å². The van der Waals surface area contributed by atoms with Gasteiger partial charge in [-0.3, -0.25) is 9.59 Å². The van der Waals surface area contributed by atoms with Crippen molar-refractivity contribution in [3.05, 3.63) is 46.2 Å². The number of nitrogens with zero attached hydrogens (tertiary/aromatic N) is 1. The molecule has 1 aromatic heterocycles. The number of hydrogen-bond acceptors (Lipinski definition) is 3. The molecule has 2 rings (SSSR count). The van der Waals surface area contributed by atoms with Crippen LogP contribution in [0, 0.1) is 0 Å². The molecule has 0 saturated carbocycles. The third-order valence-corrected chi connectivity index (χ3v) is 2.84. The first-order chi connectivity index (χ1) is 9.19. The Morgan fingerprint density at radius 2 is 2.11 bits per heavy atom. The Morgan fingerprint density at radius 3 is 2.79 bits per heavy atom. The predicted molar refractivity (Wildman–Crippen MR) is 73.2 cm³/mol. The molecule has 2 aromatic rings. The summed E-state index contributed by atoms with van der Waals surface area (Å²) < 4.78 is 6.85. The molecule has 0 saturated heterocycles. The lowest BCUT2D eigenvalue weighted by molar-refractivity contribution is 0.0952. The van der Waals surface area contributed by atoms with E-state index in [1.54, 1.807) is 30.0 Å². The van der Waals surface area contributed by atoms with Crippen molar-refractivity contribution in [1.29, 1.82) is 0 Å². The van der Waals surface area contributed by atoms with Crippen LogP contribution in [-0.2, 0) is 11.5 Å². The Kier molecular flexibility index (Phi) is 3.97. The molecule has 1 N–H and O–H groups in total. The van der Waals surface area contributed by atoms with Gasteiger partial charge in [0, 0.05) is 25.2 Å². The summed E-state index contributed by atoms with van der Waals surface area (Å²) in [6.45, 7) is 2.58. The number of methoxy groups -OCH3 is 1. The molecule has 0 radical (unpaired) electrons. The Bertz CT molecular complexity index is 661. The number of fused-ring (bicyclic) bond motifs is 1. The monoisotopic (exact) mass is 260 g/mol. The van der Waals surface area contributed by atoms with Gasteiger partial charge in [-0.05, 0) is 19.1 Å². The standard InChI is InChI=1S/C14H16N2O3/c1-3-15-14(18)11-8-16(9-19-2)12-7-5-4-6-10(12)13(11)17/h4-8H,3,9H2,1-2H3,(H,15,18). The van der Waals surface area contributed by atoms with Gasteiger partial charge in [0.25, 0.3) is 5.91 Å². The van der Waals surface area contributed by atoms with Crippen molar-refractivity contribution >= 4 is 16.8 Å². The highest BCUT2D eigenvalue weighted by Crippen LogP contribution is 2.11. The average molecular weight is 260 g/mol. The molecule has 5 nitrogen and oxygen atoms in total. The number of benzene rings is 1. The average Bonchev–Trinajstić information content (AvgIpc) is 2.42. The molecule has 1 aromatic carbocycles. The molecule has 100 valence electrons. The number of pyridine rings is 1. The van der Waals surface area contributed by atoms with E-state index in [4.69, 9.17) is 4.74 Å². The fourth-order valence-electron chi connectivity index (χ4n) is 2.01. The van der Waals surface area contributed by atoms with Gasteiger partial charge in [0.1, 0.15) is 12.3 Å². The zero-order valence-corrected chi connectivity index (χ0v) is 11.0. The lowest BCUT2D eigenvalue weighted by Gasteiger charge is -2.12. The zero-order chi connectivity index (χ0) is 13.8. The largest absolute Gasteiger partial charge is 0.364 e. The van der Waals surface area contributed by atoms with Gasteiger partial charge < -0.3 is 14.6 Å². The number of carbonyl (C=O) groups excluding carboxylic acids is 1. The Balaban J connectivity index is 2.69. The van der Waals surface area contributed by atoms with E-state index in [0.717, 1.165) is 5.52 Å². The maximum absolute atomic E-state index is 12.3. The van der Waals surface area contributed by atoms with E-state index in [1.807, 2.05) is 19.1 Å². The Labute approximate surface area is 110 Å². The predicted octanol–water partition coefficient (Wildman–Crippen LogP) is 1.36. The number of amides is 1. The van der Waals surface area contributed by atoms with Crippen LogP contribution in [0.2, 0.25) is 0 Å². The number of ether oxygens (including phenoxy) is 1. The fourth-order valence-corrected chi connectivity index (χ4v) is 2.01. The first-order valence-corrected chi connectivity index (χ1v) is 6.08. The summed E-state index contributed by atoms with van der Waals surface area (Å²) >= 11 is 0. The molecule has 19 heavy (non-hydrogen) atoms. The Hall–Kier alpha value is -2.14. The summed E-state index contributed by atoms with van der Waals surface area (Å²) in [6, 6.07) is 7.17. The molecule has 0 aliphatic carbocycles. The van der Waals surface area contributed by atoms with Crippen molar-refractivity contribution in [3.8, 4) is 0 Å². The minimum Gasteiger partial charge on any atom is -0.364 e. The highest BCUT2D eigenvalue weighted by atomic mass is 16.5. The molecular formula is C14H16N2O3. The highest BCUT2D eigenvalue weighted by molar-refractivity contribution is 5.97. The summed E-state index contributed by atoms with van der Waals surface area (Å²) in [5, 5.41) is 3.16. The highest BCUT2D eigenvalue weighted by Gasteiger charge is 2.14. The minimum absolute atomic E-state index is 0.137. The molecular weight excluding hydrogens is 244 g/mol. The van der Waals surface area contributed by atoms with Crippen LogP contribution in [0.25, 0.3) is 10.9 Å². The van der Waals surface area contributed by atoms with Gasteiger partial charge in [0.2, 0.25) is 5.43 Å². The number of rotatable bonds is 4. The second-order valence-electron chi connectivity index (χ2n) is 4.14. The van der Waals surface area contributed by atoms with Crippen LogP contribution in [0.3, 0.4) is 0 Å². The third kappa shape index (κ3) is 2.51. The van der Waals surface area contributed by atoms with Gasteiger partial charge in [-0.2, -0.15) is 0 Å². The number of carbonyl (C=O) groups is 1. The van der Waals surface area contributed by atoms with E-state index in [-0.39, 0.29) is 23.6 Å². The van der Waals surface area contributed by atoms with E-state index >= 15 is 0 Å². The number of para-hydroxylation sites is 1. The topological polar surface area (TPSA) is 60.3 Å². The maximum Gasteiger partial charge on any atom is 0.256 e. The molecule has 0 atom stereocenters. The van der Waals surface area contributed by atoms with E-state index < -0.39 is 0 Å². The SMILES string of the molecule is CCNC(=O)c1cn(COC)c2ccccc2c1=O. The lowest BCUT2D eigenvalue weighted by atomic mass is 10.1. The van der Waals surface area contributed by atoms with Crippen molar-refractivity contribution < 1.29 is 9.53 Å². The van der Waals surface area contributed by atoms with E-state index in [9.17, 15) is 9.59 Å². The normalized spacial score (nSPS) is 10.6. The first kappa shape index (κ1) is 13.3. The van der Waals surface area contributed by atoms with Crippen molar-refractivity contribution in [2.24, 2.45) is 0 Å². The number of hydrogen-bond donors (Lipinski definition) is 1. The number of nitrogens with one attached hydrogen (secondary N) is 1. The van der Waals surface area contributed by atoms with Gasteiger partial charge in [0.15, 0.2) is 0 Å². The molecule has 1 amide bonds. The summed E-state index contributed by atoms with van der Waals surface area (Å²) in [4.78, 5) is 24.2. The second kappa shape index (κ2) is 5.67. The molecule has 0 fully saturated rings. The Morgan fingerprint density at radius 1 is 1.37 bits per heavy atom. The number of aromatic nitrogens is 1. The van der Waals surface area contributed by atoms with Crippen LogP contribution in [0.15, 0.2) is 35.3 Å².